The summed E-state index contributed by atoms with van der Waals surface area (Å²) in [4.78, 5) is 3.54. The number of alkyl halides is 2. The lowest BCUT2D eigenvalue weighted by Gasteiger charge is -2.06. The zero-order valence-corrected chi connectivity index (χ0v) is 7.31. The molecule has 0 fully saturated rings. The van der Waals surface area contributed by atoms with Gasteiger partial charge in [-0.1, -0.05) is 0 Å². The summed E-state index contributed by atoms with van der Waals surface area (Å²) in [6.07, 6.45) is -1.33. The van der Waals surface area contributed by atoms with Crippen LogP contribution in [0, 0.1) is 25.2 Å². The second kappa shape index (κ2) is 3.48. The number of nitriles is 1. The zero-order valence-electron chi connectivity index (χ0n) is 7.31. The maximum atomic E-state index is 12.3. The van der Waals surface area contributed by atoms with Gasteiger partial charge >= 0.3 is 0 Å². The number of halogens is 2. The molecule has 1 heterocycles. The molecule has 0 aromatic carbocycles. The van der Waals surface area contributed by atoms with Crippen LogP contribution in [0.4, 0.5) is 8.78 Å². The largest absolute Gasteiger partial charge is 0.281 e. The molecule has 0 aliphatic carbocycles. The third-order valence-electron chi connectivity index (χ3n) is 1.94. The summed E-state index contributed by atoms with van der Waals surface area (Å²) in [5.41, 5.74) is 0.898. The predicted molar refractivity (Wildman–Crippen MR) is 43.4 cm³/mol. The first-order chi connectivity index (χ1) is 6.07. The lowest BCUT2D eigenvalue weighted by atomic mass is 10.0. The molecule has 0 spiro atoms. The van der Waals surface area contributed by atoms with Gasteiger partial charge in [0.15, 0.2) is 0 Å². The van der Waals surface area contributed by atoms with Crippen molar-refractivity contribution in [3.05, 3.63) is 28.6 Å². The van der Waals surface area contributed by atoms with Crippen molar-refractivity contribution in [3.63, 3.8) is 0 Å². The fourth-order valence-corrected chi connectivity index (χ4v) is 1.02. The first-order valence-electron chi connectivity index (χ1n) is 3.72. The maximum Gasteiger partial charge on any atom is 0.281 e. The second-order valence-corrected chi connectivity index (χ2v) is 2.74. The molecule has 1 rings (SSSR count). The van der Waals surface area contributed by atoms with Crippen molar-refractivity contribution in [1.29, 1.82) is 5.26 Å². The Labute approximate surface area is 74.8 Å². The van der Waals surface area contributed by atoms with Crippen LogP contribution in [0.3, 0.4) is 0 Å². The molecule has 13 heavy (non-hydrogen) atoms. The van der Waals surface area contributed by atoms with Crippen molar-refractivity contribution in [2.45, 2.75) is 20.3 Å². The van der Waals surface area contributed by atoms with Crippen molar-refractivity contribution in [2.75, 3.05) is 0 Å². The van der Waals surface area contributed by atoms with Gasteiger partial charge in [-0.05, 0) is 25.0 Å². The molecule has 0 bridgehead atoms. The van der Waals surface area contributed by atoms with Gasteiger partial charge in [0.25, 0.3) is 6.43 Å². The van der Waals surface area contributed by atoms with Crippen molar-refractivity contribution in [2.24, 2.45) is 0 Å². The Kier molecular flexibility index (Phi) is 2.57. The topological polar surface area (TPSA) is 36.7 Å². The van der Waals surface area contributed by atoms with Crippen molar-refractivity contribution >= 4 is 0 Å². The van der Waals surface area contributed by atoms with Crippen LogP contribution in [0.2, 0.25) is 0 Å². The van der Waals surface area contributed by atoms with Gasteiger partial charge in [0, 0.05) is 6.20 Å². The van der Waals surface area contributed by atoms with Gasteiger partial charge in [-0.2, -0.15) is 5.26 Å². The van der Waals surface area contributed by atoms with Crippen LogP contribution in [0.15, 0.2) is 6.20 Å². The molecule has 1 aromatic heterocycles. The standard InChI is InChI=1S/C9H8F2N2/c1-5-4-13-8(9(10)11)7(3-12)6(5)2/h4,9H,1-2H3. The molecule has 0 atom stereocenters. The minimum atomic E-state index is -2.69. The molecule has 2 nitrogen and oxygen atoms in total. The molecular weight excluding hydrogens is 174 g/mol. The maximum absolute atomic E-state index is 12.3. The molecule has 0 N–H and O–H groups in total. The van der Waals surface area contributed by atoms with Gasteiger partial charge in [-0.3, -0.25) is 4.98 Å². The van der Waals surface area contributed by atoms with E-state index in [1.807, 2.05) is 0 Å². The highest BCUT2D eigenvalue weighted by Crippen LogP contribution is 2.23. The quantitative estimate of drug-likeness (QED) is 0.669. The first-order valence-corrected chi connectivity index (χ1v) is 3.72. The lowest BCUT2D eigenvalue weighted by Crippen LogP contribution is -1.99. The second-order valence-electron chi connectivity index (χ2n) is 2.74. The van der Waals surface area contributed by atoms with Gasteiger partial charge in [0.1, 0.15) is 11.8 Å². The van der Waals surface area contributed by atoms with E-state index >= 15 is 0 Å². The number of pyridine rings is 1. The lowest BCUT2D eigenvalue weighted by molar-refractivity contribution is 0.145. The third-order valence-corrected chi connectivity index (χ3v) is 1.94. The number of aryl methyl sites for hydroxylation is 1. The van der Waals surface area contributed by atoms with Gasteiger partial charge < -0.3 is 0 Å². The van der Waals surface area contributed by atoms with Gasteiger partial charge in [0.2, 0.25) is 0 Å². The van der Waals surface area contributed by atoms with Crippen LogP contribution in [0.25, 0.3) is 0 Å². The predicted octanol–water partition coefficient (Wildman–Crippen LogP) is 2.51. The summed E-state index contributed by atoms with van der Waals surface area (Å²) >= 11 is 0. The Morgan fingerprint density at radius 2 is 2.08 bits per heavy atom. The Bertz CT molecular complexity index is 367. The Morgan fingerprint density at radius 1 is 1.46 bits per heavy atom. The summed E-state index contributed by atoms with van der Waals surface area (Å²) in [5.74, 6) is 0. The van der Waals surface area contributed by atoms with E-state index in [0.717, 1.165) is 5.56 Å². The molecule has 68 valence electrons. The molecule has 0 amide bonds. The SMILES string of the molecule is Cc1cnc(C(F)F)c(C#N)c1C. The number of hydrogen-bond donors (Lipinski definition) is 0. The first kappa shape index (κ1) is 9.59. The number of nitrogens with zero attached hydrogens (tertiary/aromatic N) is 2. The fourth-order valence-electron chi connectivity index (χ4n) is 1.02. The Hall–Kier alpha value is -1.50. The normalized spacial score (nSPS) is 10.2. The van der Waals surface area contributed by atoms with E-state index in [4.69, 9.17) is 5.26 Å². The van der Waals surface area contributed by atoms with Crippen LogP contribution < -0.4 is 0 Å². The fraction of sp³-hybridized carbons (Fsp3) is 0.333. The Balaban J connectivity index is 3.41. The average Bonchev–Trinajstić information content (AvgIpc) is 2.09. The third kappa shape index (κ3) is 1.64. The zero-order chi connectivity index (χ0) is 10.0. The van der Waals surface area contributed by atoms with Gasteiger partial charge in [-0.15, -0.1) is 0 Å². The smallest absolute Gasteiger partial charge is 0.254 e. The molecule has 4 heteroatoms. The number of aromatic nitrogens is 1. The molecule has 0 saturated carbocycles. The highest BCUT2D eigenvalue weighted by molar-refractivity contribution is 5.43. The molecule has 0 aliphatic rings. The van der Waals surface area contributed by atoms with Gasteiger partial charge in [0.05, 0.1) is 5.56 Å². The number of hydrogen-bond acceptors (Lipinski definition) is 2. The Morgan fingerprint density at radius 3 is 2.54 bits per heavy atom. The molecule has 1 aromatic rings. The van der Waals surface area contributed by atoms with Crippen molar-refractivity contribution in [1.82, 2.24) is 4.98 Å². The van der Waals surface area contributed by atoms with Crippen LogP contribution in [0.5, 0.6) is 0 Å². The van der Waals surface area contributed by atoms with Crippen LogP contribution >= 0.6 is 0 Å². The number of rotatable bonds is 1. The molecular formula is C9H8F2N2. The minimum Gasteiger partial charge on any atom is -0.254 e. The van der Waals surface area contributed by atoms with E-state index in [2.05, 4.69) is 4.98 Å². The summed E-state index contributed by atoms with van der Waals surface area (Å²) in [6, 6.07) is 1.74. The molecule has 0 saturated heterocycles. The highest BCUT2D eigenvalue weighted by atomic mass is 19.3. The van der Waals surface area contributed by atoms with E-state index in [0.29, 0.717) is 5.56 Å². The summed E-state index contributed by atoms with van der Waals surface area (Å²) in [5, 5.41) is 8.65. The summed E-state index contributed by atoms with van der Waals surface area (Å²) in [6.45, 7) is 3.37. The monoisotopic (exact) mass is 182 g/mol. The van der Waals surface area contributed by atoms with E-state index in [1.165, 1.54) is 6.20 Å². The van der Waals surface area contributed by atoms with Crippen LogP contribution in [-0.4, -0.2) is 4.98 Å². The van der Waals surface area contributed by atoms with E-state index in [-0.39, 0.29) is 5.56 Å². The molecule has 0 unspecified atom stereocenters. The van der Waals surface area contributed by atoms with E-state index in [1.54, 1.807) is 19.9 Å². The minimum absolute atomic E-state index is 0.00463. The summed E-state index contributed by atoms with van der Waals surface area (Å²) < 4.78 is 24.6. The van der Waals surface area contributed by atoms with E-state index in [9.17, 15) is 8.78 Å². The highest BCUT2D eigenvalue weighted by Gasteiger charge is 2.17. The van der Waals surface area contributed by atoms with Crippen LogP contribution in [0.1, 0.15) is 28.8 Å². The van der Waals surface area contributed by atoms with Crippen LogP contribution in [-0.2, 0) is 0 Å². The van der Waals surface area contributed by atoms with Gasteiger partial charge in [-0.25, -0.2) is 8.78 Å². The molecule has 0 aliphatic heterocycles. The molecule has 0 radical (unpaired) electrons. The average molecular weight is 182 g/mol. The summed E-state index contributed by atoms with van der Waals surface area (Å²) in [7, 11) is 0. The van der Waals surface area contributed by atoms with Crippen molar-refractivity contribution in [3.8, 4) is 6.07 Å². The van der Waals surface area contributed by atoms with Crippen molar-refractivity contribution < 1.29 is 8.78 Å². The van der Waals surface area contributed by atoms with E-state index < -0.39 is 12.1 Å².